The topological polar surface area (TPSA) is 82.5 Å². The molecule has 0 bridgehead atoms. The molecule has 0 atom stereocenters. The Labute approximate surface area is 248 Å². The van der Waals surface area contributed by atoms with Crippen molar-refractivity contribution in [3.63, 3.8) is 0 Å². The van der Waals surface area contributed by atoms with E-state index >= 15 is 0 Å². The number of nitrogens with zero attached hydrogens (tertiary/aromatic N) is 4. The quantitative estimate of drug-likeness (QED) is 0.373. The van der Waals surface area contributed by atoms with Crippen LogP contribution in [0.3, 0.4) is 0 Å². The summed E-state index contributed by atoms with van der Waals surface area (Å²) in [6.07, 6.45) is 4.75. The van der Waals surface area contributed by atoms with E-state index in [1.807, 2.05) is 44.3 Å². The van der Waals surface area contributed by atoms with Crippen molar-refractivity contribution in [2.24, 2.45) is 18.4 Å². The van der Waals surface area contributed by atoms with Gasteiger partial charge in [0.25, 0.3) is 5.91 Å². The van der Waals surface area contributed by atoms with Crippen molar-refractivity contribution in [1.29, 1.82) is 0 Å². The van der Waals surface area contributed by atoms with Gasteiger partial charge in [-0.15, -0.1) is 0 Å². The van der Waals surface area contributed by atoms with Crippen LogP contribution in [0, 0.1) is 18.3 Å². The predicted octanol–water partition coefficient (Wildman–Crippen LogP) is 6.05. The Kier molecular flexibility index (Phi) is 8.43. The molecule has 3 aromatic rings. The summed E-state index contributed by atoms with van der Waals surface area (Å²) in [5.74, 6) is 0.912. The fourth-order valence-corrected chi connectivity index (χ4v) is 5.76. The molecule has 41 heavy (non-hydrogen) atoms. The van der Waals surface area contributed by atoms with Gasteiger partial charge >= 0.3 is 0 Å². The number of halogens is 1. The Hall–Kier alpha value is -3.36. The zero-order valence-corrected chi connectivity index (χ0v) is 25.5. The van der Waals surface area contributed by atoms with Crippen LogP contribution in [0.4, 0.5) is 17.2 Å². The molecule has 218 valence electrons. The third kappa shape index (κ3) is 6.76. The summed E-state index contributed by atoms with van der Waals surface area (Å²) in [7, 11) is 1.87. The van der Waals surface area contributed by atoms with Crippen molar-refractivity contribution >= 4 is 40.6 Å². The number of likely N-dealkylation sites (tertiary alicyclic amines) is 1. The lowest BCUT2D eigenvalue weighted by Crippen LogP contribution is -2.41. The Bertz CT molecular complexity index is 1430. The smallest absolute Gasteiger partial charge is 0.258 e. The van der Waals surface area contributed by atoms with E-state index in [9.17, 15) is 9.59 Å². The number of aryl methyl sites for hydroxylation is 2. The highest BCUT2D eigenvalue weighted by Gasteiger charge is 2.28. The first-order chi connectivity index (χ1) is 19.5. The highest BCUT2D eigenvalue weighted by atomic mass is 35.5. The van der Waals surface area contributed by atoms with Crippen LogP contribution in [0.15, 0.2) is 42.6 Å². The van der Waals surface area contributed by atoms with Gasteiger partial charge in [-0.2, -0.15) is 5.10 Å². The fraction of sp³-hybridized carbons (Fsp3) is 0.469. The predicted molar refractivity (Wildman–Crippen MR) is 165 cm³/mol. The molecule has 8 nitrogen and oxygen atoms in total. The van der Waals surface area contributed by atoms with Crippen LogP contribution < -0.4 is 15.5 Å². The lowest BCUT2D eigenvalue weighted by molar-refractivity contribution is -0.126. The van der Waals surface area contributed by atoms with Gasteiger partial charge in [0.2, 0.25) is 5.91 Å². The van der Waals surface area contributed by atoms with Gasteiger partial charge < -0.3 is 20.4 Å². The van der Waals surface area contributed by atoms with Crippen LogP contribution in [0.2, 0.25) is 5.02 Å². The van der Waals surface area contributed by atoms with E-state index in [4.69, 9.17) is 11.6 Å². The van der Waals surface area contributed by atoms with Crippen LogP contribution in [0.1, 0.15) is 67.1 Å². The number of anilines is 3. The standard InChI is InChI=1S/C32H41ClN6O2/c1-21-16-23(6-7-24(21)18-34-30(40)22-10-13-38(14-11-22)15-12-32(2,3)4)31(41)39-20-25-19-35-37(5)29(25)36-27-17-26(33)8-9-28(27)39/h6-9,16-17,19,22,36H,10-15,18,20H2,1-5H3,(H,34,40). The first kappa shape index (κ1) is 29.1. The SMILES string of the molecule is Cc1cc(C(=O)N2Cc3cnn(C)c3Nc3cc(Cl)ccc32)ccc1CNC(=O)C1CCN(CCC(C)(C)C)CC1. The van der Waals surface area contributed by atoms with E-state index in [2.05, 4.69) is 41.4 Å². The van der Waals surface area contributed by atoms with Crippen molar-refractivity contribution < 1.29 is 9.59 Å². The molecule has 1 fully saturated rings. The Morgan fingerprint density at radius 2 is 1.88 bits per heavy atom. The van der Waals surface area contributed by atoms with Crippen molar-refractivity contribution in [2.45, 2.75) is 60.0 Å². The molecule has 2 aromatic carbocycles. The summed E-state index contributed by atoms with van der Waals surface area (Å²) in [6, 6.07) is 11.2. The van der Waals surface area contributed by atoms with Gasteiger partial charge in [0.15, 0.2) is 0 Å². The molecule has 1 saturated heterocycles. The second kappa shape index (κ2) is 11.9. The maximum absolute atomic E-state index is 13.8. The summed E-state index contributed by atoms with van der Waals surface area (Å²) in [6.45, 7) is 12.7. The summed E-state index contributed by atoms with van der Waals surface area (Å²) in [4.78, 5) is 31.0. The third-order valence-corrected chi connectivity index (χ3v) is 8.50. The Morgan fingerprint density at radius 3 is 2.59 bits per heavy atom. The highest BCUT2D eigenvalue weighted by Crippen LogP contribution is 2.38. The van der Waals surface area contributed by atoms with Crippen LogP contribution in [0.25, 0.3) is 0 Å². The van der Waals surface area contributed by atoms with E-state index in [-0.39, 0.29) is 17.7 Å². The van der Waals surface area contributed by atoms with Gasteiger partial charge in [-0.05, 0) is 92.7 Å². The minimum absolute atomic E-state index is 0.0598. The molecule has 0 unspecified atom stereocenters. The number of rotatable bonds is 6. The van der Waals surface area contributed by atoms with Crippen molar-refractivity contribution in [2.75, 3.05) is 29.9 Å². The number of fused-ring (bicyclic) bond motifs is 2. The molecular weight excluding hydrogens is 536 g/mol. The van der Waals surface area contributed by atoms with Crippen molar-refractivity contribution in [1.82, 2.24) is 20.0 Å². The molecule has 2 aliphatic heterocycles. The molecule has 2 amide bonds. The lowest BCUT2D eigenvalue weighted by atomic mass is 9.90. The number of carbonyl (C=O) groups is 2. The molecule has 1 aromatic heterocycles. The second-order valence-electron chi connectivity index (χ2n) is 12.6. The maximum Gasteiger partial charge on any atom is 0.258 e. The zero-order valence-electron chi connectivity index (χ0n) is 24.8. The molecule has 3 heterocycles. The molecule has 9 heteroatoms. The number of piperidine rings is 1. The number of hydrogen-bond donors (Lipinski definition) is 2. The monoisotopic (exact) mass is 576 g/mol. The van der Waals surface area contributed by atoms with Gasteiger partial charge in [-0.25, -0.2) is 0 Å². The van der Waals surface area contributed by atoms with E-state index in [0.29, 0.717) is 29.1 Å². The van der Waals surface area contributed by atoms with Gasteiger partial charge in [-0.1, -0.05) is 38.4 Å². The van der Waals surface area contributed by atoms with Crippen molar-refractivity contribution in [3.8, 4) is 0 Å². The summed E-state index contributed by atoms with van der Waals surface area (Å²) in [5, 5.41) is 11.5. The number of amides is 2. The van der Waals surface area contributed by atoms with E-state index in [1.165, 1.54) is 6.42 Å². The van der Waals surface area contributed by atoms with Gasteiger partial charge in [-0.3, -0.25) is 14.3 Å². The number of hydrogen-bond acceptors (Lipinski definition) is 5. The minimum atomic E-state index is -0.107. The lowest BCUT2D eigenvalue weighted by Gasteiger charge is -2.33. The van der Waals surface area contributed by atoms with E-state index < -0.39 is 0 Å². The van der Waals surface area contributed by atoms with Crippen molar-refractivity contribution in [3.05, 3.63) is 69.9 Å². The molecule has 0 spiro atoms. The normalized spacial score (nSPS) is 16.0. The number of benzene rings is 2. The first-order valence-electron chi connectivity index (χ1n) is 14.5. The molecule has 5 rings (SSSR count). The Balaban J connectivity index is 1.23. The van der Waals surface area contributed by atoms with Crippen LogP contribution >= 0.6 is 11.6 Å². The summed E-state index contributed by atoms with van der Waals surface area (Å²) < 4.78 is 1.76. The summed E-state index contributed by atoms with van der Waals surface area (Å²) in [5.41, 5.74) is 5.34. The van der Waals surface area contributed by atoms with Crippen LogP contribution in [-0.4, -0.2) is 46.1 Å². The maximum atomic E-state index is 13.8. The number of aromatic nitrogens is 2. The molecule has 2 aliphatic rings. The number of carbonyl (C=O) groups excluding carboxylic acids is 2. The molecule has 0 saturated carbocycles. The Morgan fingerprint density at radius 1 is 1.12 bits per heavy atom. The van der Waals surface area contributed by atoms with Gasteiger partial charge in [0.1, 0.15) is 5.82 Å². The van der Waals surface area contributed by atoms with E-state index in [0.717, 1.165) is 66.4 Å². The fourth-order valence-electron chi connectivity index (χ4n) is 5.59. The van der Waals surface area contributed by atoms with Crippen LogP contribution in [0.5, 0.6) is 0 Å². The van der Waals surface area contributed by atoms with Gasteiger partial charge in [0, 0.05) is 35.7 Å². The molecular formula is C32H41ClN6O2. The zero-order chi connectivity index (χ0) is 29.3. The highest BCUT2D eigenvalue weighted by molar-refractivity contribution is 6.31. The minimum Gasteiger partial charge on any atom is -0.352 e. The van der Waals surface area contributed by atoms with E-state index in [1.54, 1.807) is 21.8 Å². The molecule has 0 radical (unpaired) electrons. The molecule has 0 aliphatic carbocycles. The number of nitrogens with one attached hydrogen (secondary N) is 2. The van der Waals surface area contributed by atoms with Crippen LogP contribution in [-0.2, 0) is 24.9 Å². The molecule has 2 N–H and O–H groups in total. The largest absolute Gasteiger partial charge is 0.352 e. The second-order valence-corrected chi connectivity index (χ2v) is 13.0. The average Bonchev–Trinajstić information content (AvgIpc) is 3.18. The summed E-state index contributed by atoms with van der Waals surface area (Å²) >= 11 is 6.29. The average molecular weight is 577 g/mol. The third-order valence-electron chi connectivity index (χ3n) is 8.27. The first-order valence-corrected chi connectivity index (χ1v) is 14.9. The van der Waals surface area contributed by atoms with Gasteiger partial charge in [0.05, 0.1) is 24.1 Å².